The first-order valence-electron chi connectivity index (χ1n) is 8.87. The van der Waals surface area contributed by atoms with Gasteiger partial charge < -0.3 is 14.4 Å². The molecular weight excluding hydrogens is 348 g/mol. The molecule has 0 saturated heterocycles. The Kier molecular flexibility index (Phi) is 7.82. The van der Waals surface area contributed by atoms with Crippen molar-refractivity contribution in [3.8, 4) is 5.75 Å². The van der Waals surface area contributed by atoms with E-state index in [9.17, 15) is 9.59 Å². The Balaban J connectivity index is 1.93. The molecule has 0 radical (unpaired) electrons. The monoisotopic (exact) mass is 372 g/mol. The number of esters is 2. The van der Waals surface area contributed by atoms with Gasteiger partial charge >= 0.3 is 11.9 Å². The largest absolute Gasteiger partial charge is 0.466 e. The lowest BCUT2D eigenvalue weighted by Gasteiger charge is -2.12. The van der Waals surface area contributed by atoms with Crippen molar-refractivity contribution in [3.05, 3.63) is 65.2 Å². The topological polar surface area (TPSA) is 71.1 Å². The first kappa shape index (κ1) is 20.5. The van der Waals surface area contributed by atoms with E-state index in [-0.39, 0.29) is 18.5 Å². The molecule has 0 aromatic heterocycles. The summed E-state index contributed by atoms with van der Waals surface area (Å²) in [5, 5.41) is 0. The molecule has 0 aliphatic heterocycles. The highest BCUT2D eigenvalue weighted by Crippen LogP contribution is 2.21. The lowest BCUT2D eigenvalue weighted by Crippen LogP contribution is -2.12. The standard InChI is InChI=1S/C21H24O6/c1-4-24-20(22)15(3)16-10-12-18(13-11-16)27-26-14-17-8-6-7-9-19(17)21(23)25-5-2/h6-13,15H,4-5,14H2,1-3H3. The maximum Gasteiger partial charge on any atom is 0.338 e. The average molecular weight is 372 g/mol. The zero-order chi connectivity index (χ0) is 19.6. The Morgan fingerprint density at radius 1 is 0.926 bits per heavy atom. The summed E-state index contributed by atoms with van der Waals surface area (Å²) < 4.78 is 10.0. The van der Waals surface area contributed by atoms with Crippen LogP contribution in [0.25, 0.3) is 0 Å². The zero-order valence-corrected chi connectivity index (χ0v) is 15.8. The number of benzene rings is 2. The van der Waals surface area contributed by atoms with Crippen molar-refractivity contribution in [2.75, 3.05) is 13.2 Å². The Morgan fingerprint density at radius 2 is 1.59 bits per heavy atom. The summed E-state index contributed by atoms with van der Waals surface area (Å²) in [6.07, 6.45) is 0. The van der Waals surface area contributed by atoms with Crippen molar-refractivity contribution < 1.29 is 28.8 Å². The molecule has 0 amide bonds. The van der Waals surface area contributed by atoms with Crippen molar-refractivity contribution in [2.45, 2.75) is 33.3 Å². The van der Waals surface area contributed by atoms with E-state index in [1.165, 1.54) is 0 Å². The van der Waals surface area contributed by atoms with Crippen LogP contribution in [0.2, 0.25) is 0 Å². The molecule has 0 spiro atoms. The van der Waals surface area contributed by atoms with Crippen LogP contribution in [0.5, 0.6) is 5.75 Å². The zero-order valence-electron chi connectivity index (χ0n) is 15.8. The highest BCUT2D eigenvalue weighted by Gasteiger charge is 2.16. The summed E-state index contributed by atoms with van der Waals surface area (Å²) in [5.74, 6) is -0.521. The van der Waals surface area contributed by atoms with Crippen molar-refractivity contribution in [1.82, 2.24) is 0 Å². The SMILES string of the molecule is CCOC(=O)c1ccccc1COOc1ccc(C(C)C(=O)OCC)cc1. The summed E-state index contributed by atoms with van der Waals surface area (Å²) in [6.45, 7) is 6.07. The van der Waals surface area contributed by atoms with E-state index in [0.29, 0.717) is 30.1 Å². The van der Waals surface area contributed by atoms with Gasteiger partial charge in [-0.05, 0) is 50.1 Å². The van der Waals surface area contributed by atoms with E-state index in [4.69, 9.17) is 19.2 Å². The molecule has 27 heavy (non-hydrogen) atoms. The summed E-state index contributed by atoms with van der Waals surface area (Å²) in [4.78, 5) is 34.3. The lowest BCUT2D eigenvalue weighted by atomic mass is 10.0. The quantitative estimate of drug-likeness (QED) is 0.376. The van der Waals surface area contributed by atoms with E-state index < -0.39 is 5.97 Å². The number of hydrogen-bond donors (Lipinski definition) is 0. The molecule has 1 atom stereocenters. The fourth-order valence-corrected chi connectivity index (χ4v) is 2.43. The first-order valence-corrected chi connectivity index (χ1v) is 8.87. The molecule has 0 saturated carbocycles. The maximum atomic E-state index is 11.9. The van der Waals surface area contributed by atoms with Gasteiger partial charge in [-0.3, -0.25) is 4.79 Å². The Bertz CT molecular complexity index is 754. The second-order valence-corrected chi connectivity index (χ2v) is 5.77. The van der Waals surface area contributed by atoms with E-state index in [1.54, 1.807) is 63.2 Å². The molecule has 0 aliphatic rings. The van der Waals surface area contributed by atoms with E-state index in [0.717, 1.165) is 5.56 Å². The predicted octanol–water partition coefficient (Wildman–Crippen LogP) is 4.04. The minimum atomic E-state index is -0.394. The maximum absolute atomic E-state index is 11.9. The number of rotatable bonds is 9. The van der Waals surface area contributed by atoms with E-state index in [1.807, 2.05) is 6.07 Å². The fourth-order valence-electron chi connectivity index (χ4n) is 2.43. The van der Waals surface area contributed by atoms with Crippen LogP contribution in [0, 0.1) is 0 Å². The van der Waals surface area contributed by atoms with Gasteiger partial charge in [0.1, 0.15) is 6.61 Å². The number of ether oxygens (including phenoxy) is 2. The third-order valence-electron chi connectivity index (χ3n) is 3.90. The van der Waals surface area contributed by atoms with E-state index >= 15 is 0 Å². The van der Waals surface area contributed by atoms with Gasteiger partial charge in [0.15, 0.2) is 5.75 Å². The Labute approximate surface area is 158 Å². The lowest BCUT2D eigenvalue weighted by molar-refractivity contribution is -0.217. The van der Waals surface area contributed by atoms with Crippen LogP contribution in [0.1, 0.15) is 48.2 Å². The van der Waals surface area contributed by atoms with Gasteiger partial charge in [-0.2, -0.15) is 4.89 Å². The van der Waals surface area contributed by atoms with Crippen LogP contribution in [-0.4, -0.2) is 25.2 Å². The minimum absolute atomic E-state index is 0.0932. The van der Waals surface area contributed by atoms with Crippen LogP contribution in [0.3, 0.4) is 0 Å². The van der Waals surface area contributed by atoms with Crippen LogP contribution < -0.4 is 4.89 Å². The molecule has 0 aliphatic carbocycles. The molecule has 0 N–H and O–H groups in total. The summed E-state index contributed by atoms with van der Waals surface area (Å²) in [7, 11) is 0. The first-order chi connectivity index (χ1) is 13.1. The van der Waals surface area contributed by atoms with Crippen LogP contribution in [0.15, 0.2) is 48.5 Å². The molecule has 6 heteroatoms. The van der Waals surface area contributed by atoms with Crippen LogP contribution in [-0.2, 0) is 25.8 Å². The Hall–Kier alpha value is -2.86. The van der Waals surface area contributed by atoms with Gasteiger partial charge in [0.25, 0.3) is 0 Å². The molecule has 2 aromatic carbocycles. The Morgan fingerprint density at radius 3 is 2.26 bits per heavy atom. The highest BCUT2D eigenvalue weighted by atomic mass is 17.2. The molecule has 2 aromatic rings. The second kappa shape index (κ2) is 10.3. The molecule has 0 heterocycles. The van der Waals surface area contributed by atoms with Gasteiger partial charge in [-0.1, -0.05) is 30.3 Å². The van der Waals surface area contributed by atoms with Gasteiger partial charge in [0, 0.05) is 0 Å². The normalized spacial score (nSPS) is 11.5. The van der Waals surface area contributed by atoms with Crippen molar-refractivity contribution >= 4 is 11.9 Å². The molecule has 144 valence electrons. The summed E-state index contributed by atoms with van der Waals surface area (Å²) in [6, 6.07) is 14.0. The fraction of sp³-hybridized carbons (Fsp3) is 0.333. The average Bonchev–Trinajstić information content (AvgIpc) is 2.68. The van der Waals surface area contributed by atoms with Gasteiger partial charge in [-0.15, -0.1) is 0 Å². The molecule has 0 bridgehead atoms. The number of carbonyl (C=O) groups is 2. The molecular formula is C21H24O6. The van der Waals surface area contributed by atoms with Crippen molar-refractivity contribution in [1.29, 1.82) is 0 Å². The third kappa shape index (κ3) is 5.82. The van der Waals surface area contributed by atoms with Crippen LogP contribution in [0.4, 0.5) is 0 Å². The molecule has 0 fully saturated rings. The van der Waals surface area contributed by atoms with Gasteiger partial charge in [0.05, 0.1) is 24.7 Å². The van der Waals surface area contributed by atoms with Gasteiger partial charge in [0.2, 0.25) is 0 Å². The minimum Gasteiger partial charge on any atom is -0.466 e. The molecule has 1 unspecified atom stereocenters. The van der Waals surface area contributed by atoms with Gasteiger partial charge in [-0.25, -0.2) is 4.79 Å². The molecule has 2 rings (SSSR count). The molecule has 6 nitrogen and oxygen atoms in total. The van der Waals surface area contributed by atoms with Crippen LogP contribution >= 0.6 is 0 Å². The second-order valence-electron chi connectivity index (χ2n) is 5.77. The smallest absolute Gasteiger partial charge is 0.338 e. The third-order valence-corrected chi connectivity index (χ3v) is 3.90. The van der Waals surface area contributed by atoms with Crippen molar-refractivity contribution in [2.24, 2.45) is 0 Å². The van der Waals surface area contributed by atoms with E-state index in [2.05, 4.69) is 0 Å². The van der Waals surface area contributed by atoms with Crippen molar-refractivity contribution in [3.63, 3.8) is 0 Å². The number of hydrogen-bond acceptors (Lipinski definition) is 6. The summed E-state index contributed by atoms with van der Waals surface area (Å²) in [5.41, 5.74) is 1.94. The predicted molar refractivity (Wildman–Crippen MR) is 99.3 cm³/mol. The summed E-state index contributed by atoms with van der Waals surface area (Å²) >= 11 is 0. The number of carbonyl (C=O) groups excluding carboxylic acids is 2. The highest BCUT2D eigenvalue weighted by molar-refractivity contribution is 5.91.